The molecule has 0 radical (unpaired) electrons. The predicted molar refractivity (Wildman–Crippen MR) is 88.7 cm³/mol. The van der Waals surface area contributed by atoms with E-state index in [9.17, 15) is 13.2 Å². The van der Waals surface area contributed by atoms with E-state index in [1.54, 1.807) is 7.05 Å². The van der Waals surface area contributed by atoms with Crippen LogP contribution in [-0.2, 0) is 0 Å². The van der Waals surface area contributed by atoms with Crippen LogP contribution in [0.2, 0.25) is 0 Å². The van der Waals surface area contributed by atoms with Gasteiger partial charge in [-0.25, -0.2) is 0 Å². The zero-order chi connectivity index (χ0) is 17.5. The molecule has 1 heterocycles. The highest BCUT2D eigenvalue weighted by Gasteiger charge is 2.29. The molecule has 0 amide bonds. The summed E-state index contributed by atoms with van der Waals surface area (Å²) in [4.78, 5) is 7.86. The van der Waals surface area contributed by atoms with Crippen molar-refractivity contribution in [2.75, 3.05) is 46.8 Å². The van der Waals surface area contributed by atoms with E-state index in [1.807, 2.05) is 0 Å². The molecule has 0 aromatic heterocycles. The van der Waals surface area contributed by atoms with E-state index in [0.717, 1.165) is 19.0 Å². The second-order valence-electron chi connectivity index (χ2n) is 6.91. The lowest BCUT2D eigenvalue weighted by Crippen LogP contribution is -2.41. The number of aliphatic imine (C=N–C) groups is 1. The number of rotatable bonds is 7. The highest BCUT2D eigenvalue weighted by molar-refractivity contribution is 5.80. The fraction of sp³-hybridized carbons (Fsp3) is 0.938. The fourth-order valence-electron chi connectivity index (χ4n) is 3.15. The number of halogens is 3. The molecule has 7 heteroatoms. The van der Waals surface area contributed by atoms with Gasteiger partial charge in [-0.2, -0.15) is 13.2 Å². The van der Waals surface area contributed by atoms with Crippen LogP contribution in [0.1, 0.15) is 33.1 Å². The third-order valence-corrected chi connectivity index (χ3v) is 4.05. The van der Waals surface area contributed by atoms with Gasteiger partial charge in [-0.1, -0.05) is 13.8 Å². The second kappa shape index (κ2) is 9.35. The zero-order valence-corrected chi connectivity index (χ0v) is 14.8. The lowest BCUT2D eigenvalue weighted by atomic mass is 9.97. The van der Waals surface area contributed by atoms with Gasteiger partial charge < -0.3 is 10.2 Å². The first-order valence-corrected chi connectivity index (χ1v) is 8.42. The van der Waals surface area contributed by atoms with Gasteiger partial charge in [-0.05, 0) is 44.7 Å². The molecule has 23 heavy (non-hydrogen) atoms. The molecule has 0 spiro atoms. The Morgan fingerprint density at radius 2 is 2.09 bits per heavy atom. The number of hydrogen-bond acceptors (Lipinski definition) is 2. The summed E-state index contributed by atoms with van der Waals surface area (Å²) >= 11 is 0. The topological polar surface area (TPSA) is 30.9 Å². The van der Waals surface area contributed by atoms with Crippen LogP contribution in [0.5, 0.6) is 0 Å². The Kier molecular flexibility index (Phi) is 8.16. The third-order valence-electron chi connectivity index (χ3n) is 4.05. The van der Waals surface area contributed by atoms with Gasteiger partial charge in [0.05, 0.1) is 6.54 Å². The Balaban J connectivity index is 2.25. The Morgan fingerprint density at radius 3 is 2.65 bits per heavy atom. The van der Waals surface area contributed by atoms with Gasteiger partial charge in [0.25, 0.3) is 0 Å². The van der Waals surface area contributed by atoms with Crippen LogP contribution in [0.15, 0.2) is 4.99 Å². The van der Waals surface area contributed by atoms with E-state index in [1.165, 1.54) is 24.8 Å². The summed E-state index contributed by atoms with van der Waals surface area (Å²) in [7, 11) is 3.26. The summed E-state index contributed by atoms with van der Waals surface area (Å²) in [6.07, 6.45) is -1.04. The molecule has 136 valence electrons. The number of hydrogen-bond donors (Lipinski definition) is 1. The quantitative estimate of drug-likeness (QED) is 0.441. The standard InChI is InChI=1S/C16H31F3N4/c1-13(2)10-14-6-9-23(11-14)15(20-3)21-7-5-8-22(4)12-16(17,18)19/h13-14H,5-12H2,1-4H3,(H,20,21). The molecular formula is C16H31F3N4. The van der Waals surface area contributed by atoms with E-state index >= 15 is 0 Å². The second-order valence-corrected chi connectivity index (χ2v) is 6.91. The number of nitrogens with zero attached hydrogens (tertiary/aromatic N) is 3. The van der Waals surface area contributed by atoms with Crippen LogP contribution in [0.4, 0.5) is 13.2 Å². The fourth-order valence-corrected chi connectivity index (χ4v) is 3.15. The van der Waals surface area contributed by atoms with Crippen molar-refractivity contribution in [3.8, 4) is 0 Å². The van der Waals surface area contributed by atoms with Crippen molar-refractivity contribution in [1.82, 2.24) is 15.1 Å². The number of likely N-dealkylation sites (tertiary alicyclic amines) is 1. The van der Waals surface area contributed by atoms with Crippen LogP contribution in [0.3, 0.4) is 0 Å². The first-order chi connectivity index (χ1) is 10.7. The summed E-state index contributed by atoms with van der Waals surface area (Å²) in [5, 5.41) is 3.27. The summed E-state index contributed by atoms with van der Waals surface area (Å²) in [5.74, 6) is 2.29. The van der Waals surface area contributed by atoms with E-state index in [0.29, 0.717) is 31.3 Å². The van der Waals surface area contributed by atoms with Gasteiger partial charge >= 0.3 is 6.18 Å². The van der Waals surface area contributed by atoms with Crippen molar-refractivity contribution in [3.05, 3.63) is 0 Å². The first-order valence-electron chi connectivity index (χ1n) is 8.42. The lowest BCUT2D eigenvalue weighted by molar-refractivity contribution is -0.143. The molecule has 0 aromatic rings. The van der Waals surface area contributed by atoms with Gasteiger partial charge in [0.15, 0.2) is 5.96 Å². The highest BCUT2D eigenvalue weighted by atomic mass is 19.4. The smallest absolute Gasteiger partial charge is 0.356 e. The minimum atomic E-state index is -4.13. The predicted octanol–water partition coefficient (Wildman–Crippen LogP) is 2.81. The average Bonchev–Trinajstić information content (AvgIpc) is 2.84. The van der Waals surface area contributed by atoms with Gasteiger partial charge in [-0.15, -0.1) is 0 Å². The molecule has 0 aliphatic carbocycles. The van der Waals surface area contributed by atoms with Gasteiger partial charge in [0.2, 0.25) is 0 Å². The summed E-state index contributed by atoms with van der Waals surface area (Å²) < 4.78 is 36.7. The molecule has 1 aliphatic heterocycles. The van der Waals surface area contributed by atoms with E-state index < -0.39 is 12.7 Å². The van der Waals surface area contributed by atoms with Crippen LogP contribution in [0, 0.1) is 11.8 Å². The highest BCUT2D eigenvalue weighted by Crippen LogP contribution is 2.23. The van der Waals surface area contributed by atoms with Crippen LogP contribution >= 0.6 is 0 Å². The van der Waals surface area contributed by atoms with Crippen molar-refractivity contribution >= 4 is 5.96 Å². The lowest BCUT2D eigenvalue weighted by Gasteiger charge is -2.23. The molecule has 0 aromatic carbocycles. The van der Waals surface area contributed by atoms with Gasteiger partial charge in [0, 0.05) is 26.7 Å². The molecule has 1 N–H and O–H groups in total. The Morgan fingerprint density at radius 1 is 1.39 bits per heavy atom. The molecule has 0 bridgehead atoms. The first kappa shape index (κ1) is 20.1. The molecule has 1 aliphatic rings. The van der Waals surface area contributed by atoms with E-state index in [4.69, 9.17) is 0 Å². The van der Waals surface area contributed by atoms with Crippen molar-refractivity contribution in [3.63, 3.8) is 0 Å². The number of alkyl halides is 3. The normalized spacial score (nSPS) is 20.0. The van der Waals surface area contributed by atoms with Crippen LogP contribution in [0.25, 0.3) is 0 Å². The van der Waals surface area contributed by atoms with E-state index in [2.05, 4.69) is 29.1 Å². The molecule has 1 saturated heterocycles. The van der Waals surface area contributed by atoms with E-state index in [-0.39, 0.29) is 0 Å². The Hall–Kier alpha value is -0.980. The molecular weight excluding hydrogens is 305 g/mol. The van der Waals surface area contributed by atoms with Gasteiger partial charge in [-0.3, -0.25) is 9.89 Å². The molecule has 1 unspecified atom stereocenters. The molecule has 0 saturated carbocycles. The van der Waals surface area contributed by atoms with Crippen LogP contribution < -0.4 is 5.32 Å². The van der Waals surface area contributed by atoms with Crippen molar-refractivity contribution < 1.29 is 13.2 Å². The maximum Gasteiger partial charge on any atom is 0.401 e. The average molecular weight is 336 g/mol. The number of guanidine groups is 1. The van der Waals surface area contributed by atoms with Gasteiger partial charge in [0.1, 0.15) is 0 Å². The maximum atomic E-state index is 12.2. The molecule has 1 rings (SSSR count). The zero-order valence-electron chi connectivity index (χ0n) is 14.8. The summed E-state index contributed by atoms with van der Waals surface area (Å²) in [6, 6.07) is 0. The largest absolute Gasteiger partial charge is 0.401 e. The third kappa shape index (κ3) is 8.44. The number of nitrogens with one attached hydrogen (secondary N) is 1. The molecule has 4 nitrogen and oxygen atoms in total. The SMILES string of the molecule is CN=C(NCCCN(C)CC(F)(F)F)N1CCC(CC(C)C)C1. The van der Waals surface area contributed by atoms with Crippen molar-refractivity contribution in [2.24, 2.45) is 16.8 Å². The minimum absolute atomic E-state index is 0.416. The summed E-state index contributed by atoms with van der Waals surface area (Å²) in [5.41, 5.74) is 0. The summed E-state index contributed by atoms with van der Waals surface area (Å²) in [6.45, 7) is 6.71. The maximum absolute atomic E-state index is 12.2. The molecule has 1 atom stereocenters. The Labute approximate surface area is 138 Å². The molecule has 1 fully saturated rings. The Bertz CT molecular complexity index is 369. The minimum Gasteiger partial charge on any atom is -0.356 e. The van der Waals surface area contributed by atoms with Crippen molar-refractivity contribution in [2.45, 2.75) is 39.3 Å². The van der Waals surface area contributed by atoms with Crippen LogP contribution in [-0.4, -0.2) is 68.8 Å². The van der Waals surface area contributed by atoms with Crippen molar-refractivity contribution in [1.29, 1.82) is 0 Å². The monoisotopic (exact) mass is 336 g/mol.